The number of carbonyl (C=O) groups is 1. The molecule has 0 radical (unpaired) electrons. The average molecular weight is 377 g/mol. The molecule has 1 N–H and O–H groups in total. The van der Waals surface area contributed by atoms with Crippen LogP contribution in [0.3, 0.4) is 0 Å². The Kier molecular flexibility index (Phi) is 4.64. The summed E-state index contributed by atoms with van der Waals surface area (Å²) in [6.07, 6.45) is 1.92. The molecule has 0 fully saturated rings. The Morgan fingerprint density at radius 3 is 2.59 bits per heavy atom. The Morgan fingerprint density at radius 2 is 1.89 bits per heavy atom. The van der Waals surface area contributed by atoms with Gasteiger partial charge in [0.15, 0.2) is 4.96 Å². The second kappa shape index (κ2) is 7.25. The number of fused-ring (bicyclic) bond motifs is 1. The van der Waals surface area contributed by atoms with Gasteiger partial charge in [-0.25, -0.2) is 4.98 Å². The lowest BCUT2D eigenvalue weighted by Crippen LogP contribution is -2.23. The number of aromatic nitrogens is 2. The minimum absolute atomic E-state index is 0.120. The Morgan fingerprint density at radius 1 is 1.15 bits per heavy atom. The molecule has 0 aliphatic heterocycles. The number of aryl methyl sites for hydroxylation is 1. The highest BCUT2D eigenvalue weighted by Gasteiger charge is 2.15. The normalized spacial score (nSPS) is 10.9. The minimum Gasteiger partial charge on any atom is -0.497 e. The zero-order valence-electron chi connectivity index (χ0n) is 15.1. The molecule has 1 amide bonds. The lowest BCUT2D eigenvalue weighted by molar-refractivity contribution is 0.0945. The van der Waals surface area contributed by atoms with Crippen molar-refractivity contribution in [2.45, 2.75) is 13.5 Å². The minimum atomic E-state index is -0.120. The number of ether oxygens (including phenoxy) is 1. The molecule has 6 heteroatoms. The van der Waals surface area contributed by atoms with Gasteiger partial charge in [0.05, 0.1) is 12.8 Å². The van der Waals surface area contributed by atoms with Crippen LogP contribution in [0.2, 0.25) is 0 Å². The molecule has 0 aliphatic rings. The summed E-state index contributed by atoms with van der Waals surface area (Å²) in [4.78, 5) is 18.1. The fourth-order valence-electron chi connectivity index (χ4n) is 2.83. The van der Waals surface area contributed by atoms with Crippen LogP contribution in [-0.2, 0) is 6.54 Å². The maximum atomic E-state index is 12.6. The number of nitrogens with zero attached hydrogens (tertiary/aromatic N) is 2. The summed E-state index contributed by atoms with van der Waals surface area (Å²) in [5.74, 6) is 0.677. The molecule has 136 valence electrons. The third-order valence-corrected chi connectivity index (χ3v) is 5.24. The fourth-order valence-corrected chi connectivity index (χ4v) is 3.68. The standard InChI is InChI=1S/C21H19N3O2S/c1-14-3-7-16(8-4-14)18-12-24-19(13-27-21(24)23-18)20(25)22-11-15-5-9-17(26-2)10-6-15/h3-10,12-13H,11H2,1-2H3,(H,22,25). The first-order valence-electron chi connectivity index (χ1n) is 8.59. The summed E-state index contributed by atoms with van der Waals surface area (Å²) in [6, 6.07) is 15.9. The van der Waals surface area contributed by atoms with E-state index in [9.17, 15) is 4.79 Å². The quantitative estimate of drug-likeness (QED) is 0.564. The highest BCUT2D eigenvalue weighted by Crippen LogP contribution is 2.24. The second-order valence-corrected chi connectivity index (χ2v) is 7.13. The average Bonchev–Trinajstić information content (AvgIpc) is 3.28. The molecule has 0 spiro atoms. The van der Waals surface area contributed by atoms with Gasteiger partial charge in [-0.1, -0.05) is 42.0 Å². The Bertz CT molecular complexity index is 1080. The topological polar surface area (TPSA) is 55.6 Å². The van der Waals surface area contributed by atoms with E-state index in [-0.39, 0.29) is 5.91 Å². The summed E-state index contributed by atoms with van der Waals surface area (Å²) >= 11 is 1.46. The van der Waals surface area contributed by atoms with Gasteiger partial charge in [-0.3, -0.25) is 9.20 Å². The highest BCUT2D eigenvalue weighted by molar-refractivity contribution is 7.15. The van der Waals surface area contributed by atoms with Gasteiger partial charge in [-0.05, 0) is 24.6 Å². The summed E-state index contributed by atoms with van der Waals surface area (Å²) in [5, 5.41) is 4.80. The van der Waals surface area contributed by atoms with E-state index in [0.29, 0.717) is 12.2 Å². The van der Waals surface area contributed by atoms with E-state index in [1.165, 1.54) is 16.9 Å². The highest BCUT2D eigenvalue weighted by atomic mass is 32.1. The van der Waals surface area contributed by atoms with Crippen LogP contribution in [0.4, 0.5) is 0 Å². The third kappa shape index (κ3) is 3.57. The number of carbonyl (C=O) groups excluding carboxylic acids is 1. The number of hydrogen-bond donors (Lipinski definition) is 1. The van der Waals surface area contributed by atoms with Crippen molar-refractivity contribution in [3.63, 3.8) is 0 Å². The van der Waals surface area contributed by atoms with Gasteiger partial charge in [0.25, 0.3) is 5.91 Å². The summed E-state index contributed by atoms with van der Waals surface area (Å²) in [6.45, 7) is 2.51. The molecular formula is C21H19N3O2S. The van der Waals surface area contributed by atoms with Crippen molar-refractivity contribution in [2.75, 3.05) is 7.11 Å². The largest absolute Gasteiger partial charge is 0.497 e. The summed E-state index contributed by atoms with van der Waals surface area (Å²) in [7, 11) is 1.63. The molecule has 2 aromatic carbocycles. The van der Waals surface area contributed by atoms with Crippen molar-refractivity contribution < 1.29 is 9.53 Å². The number of imidazole rings is 1. The predicted molar refractivity (Wildman–Crippen MR) is 107 cm³/mol. The zero-order valence-corrected chi connectivity index (χ0v) is 15.9. The van der Waals surface area contributed by atoms with Gasteiger partial charge in [0.1, 0.15) is 11.4 Å². The van der Waals surface area contributed by atoms with Crippen LogP contribution in [0.1, 0.15) is 21.6 Å². The molecule has 0 bridgehead atoms. The van der Waals surface area contributed by atoms with E-state index in [4.69, 9.17) is 4.74 Å². The smallest absolute Gasteiger partial charge is 0.269 e. The number of hydrogen-bond acceptors (Lipinski definition) is 4. The number of benzene rings is 2. The molecule has 2 aromatic heterocycles. The Labute approximate surface area is 161 Å². The molecule has 27 heavy (non-hydrogen) atoms. The van der Waals surface area contributed by atoms with Gasteiger partial charge in [-0.2, -0.15) is 0 Å². The van der Waals surface area contributed by atoms with Gasteiger partial charge < -0.3 is 10.1 Å². The van der Waals surface area contributed by atoms with Crippen molar-refractivity contribution in [2.24, 2.45) is 0 Å². The molecule has 0 aliphatic carbocycles. The SMILES string of the molecule is COc1ccc(CNC(=O)c2csc3nc(-c4ccc(C)cc4)cn23)cc1. The first kappa shape index (κ1) is 17.3. The van der Waals surface area contributed by atoms with Crippen LogP contribution >= 0.6 is 11.3 Å². The second-order valence-electron chi connectivity index (χ2n) is 6.30. The van der Waals surface area contributed by atoms with E-state index < -0.39 is 0 Å². The number of amides is 1. The molecule has 0 unspecified atom stereocenters. The molecule has 0 saturated carbocycles. The summed E-state index contributed by atoms with van der Waals surface area (Å²) in [5.41, 5.74) is 4.72. The maximum absolute atomic E-state index is 12.6. The Balaban J connectivity index is 1.52. The fraction of sp³-hybridized carbons (Fsp3) is 0.143. The maximum Gasteiger partial charge on any atom is 0.269 e. The molecule has 4 rings (SSSR count). The monoisotopic (exact) mass is 377 g/mol. The predicted octanol–water partition coefficient (Wildman–Crippen LogP) is 4.31. The first-order chi connectivity index (χ1) is 13.1. The zero-order chi connectivity index (χ0) is 18.8. The molecular weight excluding hydrogens is 358 g/mol. The number of thiazole rings is 1. The lowest BCUT2D eigenvalue weighted by Gasteiger charge is -2.06. The van der Waals surface area contributed by atoms with Crippen LogP contribution in [-0.4, -0.2) is 22.4 Å². The molecule has 2 heterocycles. The molecule has 0 atom stereocenters. The van der Waals surface area contributed by atoms with Crippen LogP contribution in [0.5, 0.6) is 5.75 Å². The van der Waals surface area contributed by atoms with Crippen molar-refractivity contribution in [1.82, 2.24) is 14.7 Å². The van der Waals surface area contributed by atoms with Crippen molar-refractivity contribution >= 4 is 22.2 Å². The van der Waals surface area contributed by atoms with Crippen LogP contribution < -0.4 is 10.1 Å². The van der Waals surface area contributed by atoms with E-state index in [1.54, 1.807) is 7.11 Å². The van der Waals surface area contributed by atoms with Crippen molar-refractivity contribution in [3.05, 3.63) is 76.9 Å². The Hall–Kier alpha value is -3.12. The third-order valence-electron chi connectivity index (χ3n) is 4.40. The first-order valence-corrected chi connectivity index (χ1v) is 9.47. The van der Waals surface area contributed by atoms with E-state index in [0.717, 1.165) is 27.5 Å². The van der Waals surface area contributed by atoms with Crippen LogP contribution in [0.15, 0.2) is 60.1 Å². The molecule has 4 aromatic rings. The summed E-state index contributed by atoms with van der Waals surface area (Å²) < 4.78 is 7.00. The van der Waals surface area contributed by atoms with Crippen LogP contribution in [0, 0.1) is 6.92 Å². The van der Waals surface area contributed by atoms with Gasteiger partial charge >= 0.3 is 0 Å². The molecule has 0 saturated heterocycles. The lowest BCUT2D eigenvalue weighted by atomic mass is 10.1. The number of nitrogens with one attached hydrogen (secondary N) is 1. The molecule has 5 nitrogen and oxygen atoms in total. The van der Waals surface area contributed by atoms with E-state index in [1.807, 2.05) is 52.4 Å². The van der Waals surface area contributed by atoms with Crippen LogP contribution in [0.25, 0.3) is 16.2 Å². The van der Waals surface area contributed by atoms with Crippen molar-refractivity contribution in [1.29, 1.82) is 0 Å². The van der Waals surface area contributed by atoms with Gasteiger partial charge in [0, 0.05) is 23.7 Å². The van der Waals surface area contributed by atoms with E-state index in [2.05, 4.69) is 29.4 Å². The number of methoxy groups -OCH3 is 1. The van der Waals surface area contributed by atoms with E-state index >= 15 is 0 Å². The number of rotatable bonds is 5. The van der Waals surface area contributed by atoms with Gasteiger partial charge in [0.2, 0.25) is 0 Å². The van der Waals surface area contributed by atoms with Crippen molar-refractivity contribution in [3.8, 4) is 17.0 Å². The van der Waals surface area contributed by atoms with Gasteiger partial charge in [-0.15, -0.1) is 11.3 Å².